The van der Waals surface area contributed by atoms with Gasteiger partial charge in [-0.3, -0.25) is 4.98 Å². The average molecular weight is 259 g/mol. The second-order valence-electron chi connectivity index (χ2n) is 4.99. The second-order valence-corrected chi connectivity index (χ2v) is 4.99. The topological polar surface area (TPSA) is 37.2 Å². The van der Waals surface area contributed by atoms with E-state index < -0.39 is 0 Å². The molecule has 20 heavy (non-hydrogen) atoms. The quantitative estimate of drug-likeness (QED) is 0.427. The molecule has 5 rings (SSSR count). The van der Waals surface area contributed by atoms with Crippen molar-refractivity contribution in [1.82, 2.24) is 14.4 Å². The van der Waals surface area contributed by atoms with E-state index in [-0.39, 0.29) is 0 Å². The van der Waals surface area contributed by atoms with E-state index in [1.165, 1.54) is 5.52 Å². The number of H-pyrrole nitrogens is 1. The molecule has 0 aliphatic heterocycles. The lowest BCUT2D eigenvalue weighted by Crippen LogP contribution is -2.21. The number of para-hydroxylation sites is 4. The Morgan fingerprint density at radius 2 is 1.85 bits per heavy atom. The highest BCUT2D eigenvalue weighted by Crippen LogP contribution is 2.17. The minimum atomic E-state index is 0.956. The molecular formula is C16H11N4+. The van der Waals surface area contributed by atoms with Crippen LogP contribution in [0.4, 0.5) is 0 Å². The molecule has 0 saturated carbocycles. The molecule has 0 aliphatic carbocycles. The van der Waals surface area contributed by atoms with Crippen molar-refractivity contribution in [2.45, 2.75) is 0 Å². The maximum Gasteiger partial charge on any atom is 0.236 e. The number of aromatic amines is 1. The Kier molecular flexibility index (Phi) is 1.68. The first-order chi connectivity index (χ1) is 9.90. The number of imidazole rings is 2. The lowest BCUT2D eigenvalue weighted by Gasteiger charge is -1.92. The van der Waals surface area contributed by atoms with Crippen LogP contribution in [0.5, 0.6) is 0 Å². The van der Waals surface area contributed by atoms with Crippen LogP contribution < -0.4 is 4.40 Å². The zero-order chi connectivity index (χ0) is 13.1. The fourth-order valence-corrected chi connectivity index (χ4v) is 2.87. The SMILES string of the molecule is c1ccc2c(c1)nc1cc3[nH]c4ccccc4[n+]3cn12. The Morgan fingerprint density at radius 3 is 2.85 bits per heavy atom. The number of nitrogens with one attached hydrogen (secondary N) is 1. The van der Waals surface area contributed by atoms with Gasteiger partial charge >= 0.3 is 0 Å². The zero-order valence-corrected chi connectivity index (χ0v) is 10.6. The monoisotopic (exact) mass is 259 g/mol. The molecule has 5 aromatic rings. The van der Waals surface area contributed by atoms with E-state index in [0.717, 1.165) is 27.8 Å². The van der Waals surface area contributed by atoms with E-state index in [9.17, 15) is 0 Å². The summed E-state index contributed by atoms with van der Waals surface area (Å²) in [6.07, 6.45) is 2.10. The molecule has 4 nitrogen and oxygen atoms in total. The molecule has 3 heterocycles. The van der Waals surface area contributed by atoms with E-state index in [1.54, 1.807) is 0 Å². The first-order valence-corrected chi connectivity index (χ1v) is 6.59. The Balaban J connectivity index is 2.06. The number of benzene rings is 2. The van der Waals surface area contributed by atoms with Gasteiger partial charge in [-0.2, -0.15) is 0 Å². The number of nitrogens with zero attached hydrogens (tertiary/aromatic N) is 3. The molecule has 0 radical (unpaired) electrons. The van der Waals surface area contributed by atoms with Crippen molar-refractivity contribution < 1.29 is 4.40 Å². The molecule has 94 valence electrons. The summed E-state index contributed by atoms with van der Waals surface area (Å²) < 4.78 is 4.29. The summed E-state index contributed by atoms with van der Waals surface area (Å²) in [4.78, 5) is 8.09. The Labute approximate surface area is 113 Å². The van der Waals surface area contributed by atoms with Gasteiger partial charge in [0, 0.05) is 0 Å². The fraction of sp³-hybridized carbons (Fsp3) is 0. The lowest BCUT2D eigenvalue weighted by atomic mass is 10.3. The molecular weight excluding hydrogens is 248 g/mol. The largest absolute Gasteiger partial charge is 0.270 e. The average Bonchev–Trinajstić information content (AvgIpc) is 3.02. The van der Waals surface area contributed by atoms with E-state index in [2.05, 4.69) is 55.4 Å². The van der Waals surface area contributed by atoms with Crippen LogP contribution in [0.2, 0.25) is 0 Å². The highest BCUT2D eigenvalue weighted by Gasteiger charge is 2.14. The number of rotatable bonds is 0. The number of aromatic nitrogens is 4. The summed E-state index contributed by atoms with van der Waals surface area (Å²) in [5, 5.41) is 0. The van der Waals surface area contributed by atoms with Gasteiger partial charge in [-0.1, -0.05) is 24.3 Å². The van der Waals surface area contributed by atoms with Crippen LogP contribution in [0.1, 0.15) is 0 Å². The first-order valence-electron chi connectivity index (χ1n) is 6.59. The fourth-order valence-electron chi connectivity index (χ4n) is 2.87. The van der Waals surface area contributed by atoms with Gasteiger partial charge in [0.15, 0.2) is 0 Å². The predicted molar refractivity (Wildman–Crippen MR) is 77.7 cm³/mol. The molecule has 4 heteroatoms. The van der Waals surface area contributed by atoms with Gasteiger partial charge in [0.25, 0.3) is 0 Å². The van der Waals surface area contributed by atoms with Crippen molar-refractivity contribution in [2.24, 2.45) is 0 Å². The van der Waals surface area contributed by atoms with Crippen LogP contribution >= 0.6 is 0 Å². The number of hydrogen-bond donors (Lipinski definition) is 1. The molecule has 0 spiro atoms. The Bertz CT molecular complexity index is 1020. The number of fused-ring (bicyclic) bond motifs is 6. The minimum Gasteiger partial charge on any atom is -0.270 e. The second kappa shape index (κ2) is 3.36. The summed E-state index contributed by atoms with van der Waals surface area (Å²) in [6.45, 7) is 0. The Hall–Kier alpha value is -2.88. The molecule has 3 aromatic heterocycles. The summed E-state index contributed by atoms with van der Waals surface area (Å²) in [6, 6.07) is 18.6. The van der Waals surface area contributed by atoms with Crippen molar-refractivity contribution in [3.8, 4) is 0 Å². The molecule has 2 aromatic carbocycles. The third-order valence-corrected chi connectivity index (χ3v) is 3.81. The molecule has 0 bridgehead atoms. The summed E-state index contributed by atoms with van der Waals surface area (Å²) >= 11 is 0. The van der Waals surface area contributed by atoms with E-state index in [4.69, 9.17) is 0 Å². The summed E-state index contributed by atoms with van der Waals surface area (Å²) in [5.41, 5.74) is 6.45. The predicted octanol–water partition coefficient (Wildman–Crippen LogP) is 2.71. The molecule has 0 fully saturated rings. The molecule has 0 saturated heterocycles. The standard InChI is InChI=1S/C16H11N4/c1-3-7-13-11(5-1)17-15-9-16-18-12-6-2-4-8-14(12)20(16)10-19(13)15/h1-10,17H/q+1. The van der Waals surface area contributed by atoms with Crippen LogP contribution in [-0.2, 0) is 0 Å². The van der Waals surface area contributed by atoms with E-state index >= 15 is 0 Å². The lowest BCUT2D eigenvalue weighted by molar-refractivity contribution is -0.485. The van der Waals surface area contributed by atoms with Gasteiger partial charge in [0.1, 0.15) is 22.1 Å². The van der Waals surface area contributed by atoms with Crippen LogP contribution in [-0.4, -0.2) is 14.4 Å². The van der Waals surface area contributed by atoms with Gasteiger partial charge in [0.2, 0.25) is 17.6 Å². The third-order valence-electron chi connectivity index (χ3n) is 3.81. The first kappa shape index (κ1) is 9.97. The molecule has 1 N–H and O–H groups in total. The van der Waals surface area contributed by atoms with Crippen molar-refractivity contribution in [1.29, 1.82) is 0 Å². The number of hydrogen-bond acceptors (Lipinski definition) is 1. The van der Waals surface area contributed by atoms with E-state index in [1.807, 2.05) is 24.3 Å². The van der Waals surface area contributed by atoms with Crippen LogP contribution in [0.3, 0.4) is 0 Å². The smallest absolute Gasteiger partial charge is 0.236 e. The third kappa shape index (κ3) is 1.15. The summed E-state index contributed by atoms with van der Waals surface area (Å²) in [7, 11) is 0. The highest BCUT2D eigenvalue weighted by molar-refractivity contribution is 5.81. The normalized spacial score (nSPS) is 12.0. The maximum absolute atomic E-state index is 4.67. The van der Waals surface area contributed by atoms with Gasteiger partial charge in [-0.25, -0.2) is 13.8 Å². The summed E-state index contributed by atoms with van der Waals surface area (Å²) in [5.74, 6) is 0. The molecule has 0 aliphatic rings. The van der Waals surface area contributed by atoms with E-state index in [0.29, 0.717) is 0 Å². The molecule has 0 unspecified atom stereocenters. The Morgan fingerprint density at radius 1 is 1.00 bits per heavy atom. The van der Waals surface area contributed by atoms with Crippen molar-refractivity contribution in [2.75, 3.05) is 0 Å². The van der Waals surface area contributed by atoms with Gasteiger partial charge in [0.05, 0.1) is 6.07 Å². The van der Waals surface area contributed by atoms with Crippen molar-refractivity contribution in [3.05, 3.63) is 60.9 Å². The molecule has 0 atom stereocenters. The van der Waals surface area contributed by atoms with Gasteiger partial charge in [-0.05, 0) is 24.3 Å². The van der Waals surface area contributed by atoms with Gasteiger partial charge < -0.3 is 0 Å². The highest BCUT2D eigenvalue weighted by atomic mass is 15.1. The van der Waals surface area contributed by atoms with Crippen molar-refractivity contribution >= 4 is 33.4 Å². The van der Waals surface area contributed by atoms with Crippen LogP contribution in [0.25, 0.3) is 33.4 Å². The minimum absolute atomic E-state index is 0.956. The van der Waals surface area contributed by atoms with Gasteiger partial charge in [-0.15, -0.1) is 0 Å². The van der Waals surface area contributed by atoms with Crippen LogP contribution in [0, 0.1) is 0 Å². The zero-order valence-electron chi connectivity index (χ0n) is 10.6. The maximum atomic E-state index is 4.67. The molecule has 0 amide bonds. The van der Waals surface area contributed by atoms with Crippen molar-refractivity contribution in [3.63, 3.8) is 0 Å². The van der Waals surface area contributed by atoms with Crippen LogP contribution in [0.15, 0.2) is 60.9 Å².